The largest absolute Gasteiger partial charge is 0.467 e. The summed E-state index contributed by atoms with van der Waals surface area (Å²) in [7, 11) is 1.24. The molecule has 0 aliphatic rings. The minimum absolute atomic E-state index is 0.199. The third-order valence-electron chi connectivity index (χ3n) is 2.38. The summed E-state index contributed by atoms with van der Waals surface area (Å²) in [5, 5.41) is 4.87. The number of methoxy groups -OCH3 is 1. The molecule has 0 aliphatic heterocycles. The Hall–Kier alpha value is -2.37. The number of nitrogens with one attached hydrogen (secondary N) is 2. The number of benzene rings is 1. The molecule has 0 heterocycles. The second-order valence-corrected chi connectivity index (χ2v) is 3.86. The number of esters is 1. The standard InChI is InChI=1S/C13H16N2O4/c1-9(13(18)19-2)15-11(16)8-14-12(17)10-6-4-3-5-7-10/h3-7,9H,8H2,1-2H3,(H,14,17)(H,15,16)/t9-/m1/s1. The van der Waals surface area contributed by atoms with E-state index >= 15 is 0 Å². The van der Waals surface area contributed by atoms with E-state index in [1.165, 1.54) is 14.0 Å². The van der Waals surface area contributed by atoms with Gasteiger partial charge in [-0.15, -0.1) is 0 Å². The fourth-order valence-electron chi connectivity index (χ4n) is 1.38. The molecule has 0 fully saturated rings. The van der Waals surface area contributed by atoms with Crippen LogP contribution in [0.3, 0.4) is 0 Å². The molecule has 0 saturated heterocycles. The molecule has 6 heteroatoms. The van der Waals surface area contributed by atoms with Crippen molar-refractivity contribution in [3.63, 3.8) is 0 Å². The average molecular weight is 264 g/mol. The fraction of sp³-hybridized carbons (Fsp3) is 0.308. The monoisotopic (exact) mass is 264 g/mol. The smallest absolute Gasteiger partial charge is 0.328 e. The molecule has 19 heavy (non-hydrogen) atoms. The predicted octanol–water partition coefficient (Wildman–Crippen LogP) is 0.0941. The molecule has 0 bridgehead atoms. The first-order chi connectivity index (χ1) is 9.04. The summed E-state index contributed by atoms with van der Waals surface area (Å²) in [6.45, 7) is 1.30. The Labute approximate surface area is 111 Å². The van der Waals surface area contributed by atoms with Crippen molar-refractivity contribution in [2.24, 2.45) is 0 Å². The molecule has 0 radical (unpaired) electrons. The van der Waals surface area contributed by atoms with Crippen molar-refractivity contribution in [1.29, 1.82) is 0 Å². The van der Waals surface area contributed by atoms with Crippen LogP contribution < -0.4 is 10.6 Å². The summed E-state index contributed by atoms with van der Waals surface area (Å²) in [6.07, 6.45) is 0. The van der Waals surface area contributed by atoms with Crippen molar-refractivity contribution in [3.8, 4) is 0 Å². The maximum absolute atomic E-state index is 11.6. The Balaban J connectivity index is 2.39. The van der Waals surface area contributed by atoms with Crippen LogP contribution in [0.15, 0.2) is 30.3 Å². The van der Waals surface area contributed by atoms with E-state index in [4.69, 9.17) is 0 Å². The van der Waals surface area contributed by atoms with Crippen molar-refractivity contribution in [3.05, 3.63) is 35.9 Å². The van der Waals surface area contributed by atoms with Crippen LogP contribution in [0.1, 0.15) is 17.3 Å². The number of carbonyl (C=O) groups is 3. The van der Waals surface area contributed by atoms with Gasteiger partial charge in [-0.2, -0.15) is 0 Å². The lowest BCUT2D eigenvalue weighted by Crippen LogP contribution is -2.44. The van der Waals surface area contributed by atoms with Crippen molar-refractivity contribution < 1.29 is 19.1 Å². The first-order valence-electron chi connectivity index (χ1n) is 5.75. The van der Waals surface area contributed by atoms with Gasteiger partial charge in [-0.25, -0.2) is 4.79 Å². The molecule has 0 spiro atoms. The van der Waals surface area contributed by atoms with Crippen LogP contribution >= 0.6 is 0 Å². The minimum Gasteiger partial charge on any atom is -0.467 e. The van der Waals surface area contributed by atoms with Gasteiger partial charge in [0.2, 0.25) is 5.91 Å². The maximum Gasteiger partial charge on any atom is 0.328 e. The highest BCUT2D eigenvalue weighted by Crippen LogP contribution is 1.97. The topological polar surface area (TPSA) is 84.5 Å². The van der Waals surface area contributed by atoms with Gasteiger partial charge >= 0.3 is 5.97 Å². The molecule has 0 aromatic heterocycles. The quantitative estimate of drug-likeness (QED) is 0.738. The molecule has 2 N–H and O–H groups in total. The zero-order chi connectivity index (χ0) is 14.3. The van der Waals surface area contributed by atoms with Crippen LogP contribution in [0.25, 0.3) is 0 Å². The molecule has 1 atom stereocenters. The molecular formula is C13H16N2O4. The van der Waals surface area contributed by atoms with Gasteiger partial charge in [-0.1, -0.05) is 18.2 Å². The number of hydrogen-bond acceptors (Lipinski definition) is 4. The lowest BCUT2D eigenvalue weighted by molar-refractivity contribution is -0.144. The highest BCUT2D eigenvalue weighted by atomic mass is 16.5. The zero-order valence-corrected chi connectivity index (χ0v) is 10.8. The van der Waals surface area contributed by atoms with Crippen LogP contribution in [0.5, 0.6) is 0 Å². The molecular weight excluding hydrogens is 248 g/mol. The summed E-state index contributed by atoms with van der Waals surface area (Å²) >= 11 is 0. The van der Waals surface area contributed by atoms with Crippen molar-refractivity contribution >= 4 is 17.8 Å². The van der Waals surface area contributed by atoms with E-state index in [-0.39, 0.29) is 12.5 Å². The summed E-state index contributed by atoms with van der Waals surface area (Å²) in [5.74, 6) is -1.34. The highest BCUT2D eigenvalue weighted by Gasteiger charge is 2.16. The molecule has 0 aliphatic carbocycles. The van der Waals surface area contributed by atoms with Gasteiger partial charge in [-0.3, -0.25) is 9.59 Å². The van der Waals surface area contributed by atoms with E-state index in [9.17, 15) is 14.4 Å². The van der Waals surface area contributed by atoms with Crippen LogP contribution in [-0.4, -0.2) is 37.5 Å². The van der Waals surface area contributed by atoms with E-state index in [2.05, 4.69) is 15.4 Å². The van der Waals surface area contributed by atoms with Gasteiger partial charge in [-0.05, 0) is 19.1 Å². The van der Waals surface area contributed by atoms with Crippen molar-refractivity contribution in [2.75, 3.05) is 13.7 Å². The molecule has 2 amide bonds. The van der Waals surface area contributed by atoms with Gasteiger partial charge in [0.25, 0.3) is 5.91 Å². The zero-order valence-electron chi connectivity index (χ0n) is 10.8. The normalized spacial score (nSPS) is 11.3. The molecule has 1 rings (SSSR count). The predicted molar refractivity (Wildman–Crippen MR) is 68.4 cm³/mol. The third kappa shape index (κ3) is 4.79. The van der Waals surface area contributed by atoms with Gasteiger partial charge in [0, 0.05) is 5.56 Å². The average Bonchev–Trinajstić information content (AvgIpc) is 2.44. The van der Waals surface area contributed by atoms with Crippen LogP contribution in [-0.2, 0) is 14.3 Å². The third-order valence-corrected chi connectivity index (χ3v) is 2.38. The lowest BCUT2D eigenvalue weighted by Gasteiger charge is -2.11. The van der Waals surface area contributed by atoms with E-state index < -0.39 is 17.9 Å². The fourth-order valence-corrected chi connectivity index (χ4v) is 1.38. The van der Waals surface area contributed by atoms with E-state index in [0.29, 0.717) is 5.56 Å². The summed E-state index contributed by atoms with van der Waals surface area (Å²) in [4.78, 5) is 34.2. The van der Waals surface area contributed by atoms with Gasteiger partial charge in [0.15, 0.2) is 0 Å². The van der Waals surface area contributed by atoms with Crippen LogP contribution in [0.2, 0.25) is 0 Å². The number of amides is 2. The molecule has 0 unspecified atom stereocenters. The maximum atomic E-state index is 11.6. The first kappa shape index (κ1) is 14.7. The Kier molecular flexibility index (Phi) is 5.53. The summed E-state index contributed by atoms with van der Waals surface area (Å²) in [5.41, 5.74) is 0.469. The molecule has 0 saturated carbocycles. The number of ether oxygens (including phenoxy) is 1. The molecule has 6 nitrogen and oxygen atoms in total. The number of rotatable bonds is 5. The van der Waals surface area contributed by atoms with E-state index in [0.717, 1.165) is 0 Å². The second kappa shape index (κ2) is 7.15. The Morgan fingerprint density at radius 1 is 1.21 bits per heavy atom. The van der Waals surface area contributed by atoms with Crippen molar-refractivity contribution in [2.45, 2.75) is 13.0 Å². The van der Waals surface area contributed by atoms with E-state index in [1.54, 1.807) is 30.3 Å². The summed E-state index contributed by atoms with van der Waals surface area (Å²) in [6, 6.07) is 7.80. The SMILES string of the molecule is COC(=O)[C@@H](C)NC(=O)CNC(=O)c1ccccc1. The first-order valence-corrected chi connectivity index (χ1v) is 5.75. The summed E-state index contributed by atoms with van der Waals surface area (Å²) < 4.78 is 4.47. The number of carbonyl (C=O) groups excluding carboxylic acids is 3. The Bertz CT molecular complexity index is 459. The molecule has 1 aromatic carbocycles. The number of hydrogen-bond donors (Lipinski definition) is 2. The van der Waals surface area contributed by atoms with Crippen LogP contribution in [0.4, 0.5) is 0 Å². The minimum atomic E-state index is -0.744. The molecule has 102 valence electrons. The lowest BCUT2D eigenvalue weighted by atomic mass is 10.2. The van der Waals surface area contributed by atoms with E-state index in [1.807, 2.05) is 0 Å². The van der Waals surface area contributed by atoms with Crippen molar-refractivity contribution in [1.82, 2.24) is 10.6 Å². The van der Waals surface area contributed by atoms with Crippen LogP contribution in [0, 0.1) is 0 Å². The molecule has 1 aromatic rings. The van der Waals surface area contributed by atoms with Gasteiger partial charge < -0.3 is 15.4 Å². The Morgan fingerprint density at radius 3 is 2.42 bits per heavy atom. The van der Waals surface area contributed by atoms with Gasteiger partial charge in [0.1, 0.15) is 6.04 Å². The highest BCUT2D eigenvalue weighted by molar-refractivity contribution is 5.96. The van der Waals surface area contributed by atoms with Gasteiger partial charge in [0.05, 0.1) is 13.7 Å². The Morgan fingerprint density at radius 2 is 1.84 bits per heavy atom. The second-order valence-electron chi connectivity index (χ2n) is 3.86.